The van der Waals surface area contributed by atoms with Gasteiger partial charge in [0.05, 0.1) is 6.54 Å². The SMILES string of the molecule is O=C(CN1CCCc2ccccc21)c1ccc2c3c(cccc13)CC2. The number of aryl methyl sites for hydroxylation is 3. The van der Waals surface area contributed by atoms with Gasteiger partial charge in [-0.2, -0.15) is 0 Å². The lowest BCUT2D eigenvalue weighted by molar-refractivity contribution is 0.1000. The Bertz CT molecular complexity index is 978. The van der Waals surface area contributed by atoms with Crippen LogP contribution < -0.4 is 4.90 Å². The molecule has 2 heteroatoms. The molecule has 0 amide bonds. The highest BCUT2D eigenvalue weighted by Crippen LogP contribution is 2.33. The molecule has 124 valence electrons. The molecule has 0 spiro atoms. The van der Waals surface area contributed by atoms with Gasteiger partial charge in [0.2, 0.25) is 0 Å². The number of nitrogens with zero attached hydrogens (tertiary/aromatic N) is 1. The number of carbonyl (C=O) groups is 1. The van der Waals surface area contributed by atoms with Crippen molar-refractivity contribution in [2.24, 2.45) is 0 Å². The van der Waals surface area contributed by atoms with Crippen LogP contribution in [0, 0.1) is 0 Å². The van der Waals surface area contributed by atoms with E-state index in [1.807, 2.05) is 6.07 Å². The van der Waals surface area contributed by atoms with Crippen molar-refractivity contribution in [3.8, 4) is 0 Å². The monoisotopic (exact) mass is 327 g/mol. The summed E-state index contributed by atoms with van der Waals surface area (Å²) in [5, 5.41) is 2.47. The van der Waals surface area contributed by atoms with Crippen LogP contribution in [0.3, 0.4) is 0 Å². The van der Waals surface area contributed by atoms with Crippen molar-refractivity contribution < 1.29 is 4.79 Å². The van der Waals surface area contributed by atoms with Crippen molar-refractivity contribution in [2.75, 3.05) is 18.0 Å². The number of fused-ring (bicyclic) bond motifs is 1. The van der Waals surface area contributed by atoms with Crippen LogP contribution >= 0.6 is 0 Å². The Morgan fingerprint density at radius 2 is 1.64 bits per heavy atom. The summed E-state index contributed by atoms with van der Waals surface area (Å²) in [7, 11) is 0. The maximum atomic E-state index is 13.1. The van der Waals surface area contributed by atoms with E-state index in [4.69, 9.17) is 0 Å². The van der Waals surface area contributed by atoms with E-state index in [1.165, 1.54) is 27.8 Å². The first-order valence-electron chi connectivity index (χ1n) is 9.21. The third kappa shape index (κ3) is 2.36. The number of Topliss-reactive ketones (excluding diaryl/α,β-unsaturated/α-hetero) is 1. The van der Waals surface area contributed by atoms with Crippen molar-refractivity contribution in [3.63, 3.8) is 0 Å². The van der Waals surface area contributed by atoms with Crippen LogP contribution in [-0.4, -0.2) is 18.9 Å². The van der Waals surface area contributed by atoms with Gasteiger partial charge in [-0.3, -0.25) is 4.79 Å². The number of hydrogen-bond acceptors (Lipinski definition) is 2. The van der Waals surface area contributed by atoms with E-state index >= 15 is 0 Å². The molecule has 1 heterocycles. The van der Waals surface area contributed by atoms with Gasteiger partial charge in [-0.1, -0.05) is 48.5 Å². The van der Waals surface area contributed by atoms with Gasteiger partial charge in [0.25, 0.3) is 0 Å². The van der Waals surface area contributed by atoms with Crippen LogP contribution in [0.5, 0.6) is 0 Å². The molecule has 0 saturated heterocycles. The normalized spacial score (nSPS) is 15.4. The van der Waals surface area contributed by atoms with E-state index in [1.54, 1.807) is 0 Å². The molecule has 2 aliphatic rings. The fraction of sp³-hybridized carbons (Fsp3) is 0.261. The second-order valence-electron chi connectivity index (χ2n) is 7.19. The summed E-state index contributed by atoms with van der Waals surface area (Å²) in [6.07, 6.45) is 4.43. The molecule has 25 heavy (non-hydrogen) atoms. The minimum Gasteiger partial charge on any atom is -0.364 e. The second-order valence-corrected chi connectivity index (χ2v) is 7.19. The molecule has 0 aromatic heterocycles. The number of para-hydroxylation sites is 1. The van der Waals surface area contributed by atoms with Crippen molar-refractivity contribution in [3.05, 3.63) is 76.9 Å². The highest BCUT2D eigenvalue weighted by atomic mass is 16.1. The van der Waals surface area contributed by atoms with Crippen molar-refractivity contribution >= 4 is 22.2 Å². The Morgan fingerprint density at radius 1 is 0.840 bits per heavy atom. The zero-order valence-electron chi connectivity index (χ0n) is 14.3. The number of carbonyl (C=O) groups excluding carboxylic acids is 1. The Balaban J connectivity index is 1.52. The van der Waals surface area contributed by atoms with Gasteiger partial charge in [-0.15, -0.1) is 0 Å². The first-order chi connectivity index (χ1) is 12.3. The van der Waals surface area contributed by atoms with E-state index in [0.29, 0.717) is 6.54 Å². The summed E-state index contributed by atoms with van der Waals surface area (Å²) < 4.78 is 0. The highest BCUT2D eigenvalue weighted by Gasteiger charge is 2.22. The van der Waals surface area contributed by atoms with Crippen LogP contribution in [0.15, 0.2) is 54.6 Å². The molecule has 0 unspecified atom stereocenters. The fourth-order valence-electron chi connectivity index (χ4n) is 4.52. The number of rotatable bonds is 3. The first-order valence-corrected chi connectivity index (χ1v) is 9.21. The Morgan fingerprint density at radius 3 is 2.56 bits per heavy atom. The largest absolute Gasteiger partial charge is 0.364 e. The van der Waals surface area contributed by atoms with E-state index in [9.17, 15) is 4.79 Å². The summed E-state index contributed by atoms with van der Waals surface area (Å²) >= 11 is 0. The molecule has 1 aliphatic carbocycles. The predicted octanol–water partition coefficient (Wildman–Crippen LogP) is 4.57. The highest BCUT2D eigenvalue weighted by molar-refractivity contribution is 6.11. The molecule has 0 fully saturated rings. The minimum absolute atomic E-state index is 0.229. The smallest absolute Gasteiger partial charge is 0.182 e. The Labute approximate surface area is 148 Å². The molecule has 0 N–H and O–H groups in total. The van der Waals surface area contributed by atoms with Gasteiger partial charge < -0.3 is 4.90 Å². The van der Waals surface area contributed by atoms with Crippen LogP contribution in [-0.2, 0) is 19.3 Å². The quantitative estimate of drug-likeness (QED) is 0.657. The van der Waals surface area contributed by atoms with Crippen molar-refractivity contribution in [2.45, 2.75) is 25.7 Å². The molecule has 2 nitrogen and oxygen atoms in total. The van der Waals surface area contributed by atoms with E-state index in [-0.39, 0.29) is 5.78 Å². The van der Waals surface area contributed by atoms with Crippen LogP contribution in [0.25, 0.3) is 10.8 Å². The number of ketones is 1. The average Bonchev–Trinajstić information content (AvgIpc) is 3.07. The third-order valence-electron chi connectivity index (χ3n) is 5.72. The van der Waals surface area contributed by atoms with Crippen LogP contribution in [0.4, 0.5) is 5.69 Å². The third-order valence-corrected chi connectivity index (χ3v) is 5.72. The summed E-state index contributed by atoms with van der Waals surface area (Å²) in [5.41, 5.74) is 6.26. The maximum Gasteiger partial charge on any atom is 0.182 e. The molecule has 0 saturated carbocycles. The van der Waals surface area contributed by atoms with Gasteiger partial charge in [0.1, 0.15) is 0 Å². The number of hydrogen-bond donors (Lipinski definition) is 0. The van der Waals surface area contributed by atoms with E-state index in [2.05, 4.69) is 53.4 Å². The standard InChI is InChI=1S/C23H21NO/c25-22(15-24-14-4-7-16-5-1-2-9-21(16)24)19-13-12-18-11-10-17-6-3-8-20(19)23(17)18/h1-3,5-6,8-9,12-13H,4,7,10-11,14-15H2. The van der Waals surface area contributed by atoms with Gasteiger partial charge in [0, 0.05) is 17.8 Å². The first kappa shape index (κ1) is 14.7. The second kappa shape index (κ2) is 5.73. The molecular weight excluding hydrogens is 306 g/mol. The molecule has 3 aromatic carbocycles. The lowest BCUT2D eigenvalue weighted by atomic mass is 9.96. The van der Waals surface area contributed by atoms with Gasteiger partial charge in [-0.25, -0.2) is 0 Å². The number of benzene rings is 3. The van der Waals surface area contributed by atoms with E-state index < -0.39 is 0 Å². The lowest BCUT2D eigenvalue weighted by Gasteiger charge is -2.30. The zero-order chi connectivity index (χ0) is 16.8. The summed E-state index contributed by atoms with van der Waals surface area (Å²) in [4.78, 5) is 15.4. The molecule has 0 atom stereocenters. The molecule has 5 rings (SSSR count). The Hall–Kier alpha value is -2.61. The van der Waals surface area contributed by atoms with Crippen molar-refractivity contribution in [1.29, 1.82) is 0 Å². The van der Waals surface area contributed by atoms with Gasteiger partial charge in [-0.05, 0) is 59.2 Å². The zero-order valence-corrected chi connectivity index (χ0v) is 14.3. The summed E-state index contributed by atoms with van der Waals surface area (Å²) in [6, 6.07) is 19.1. The van der Waals surface area contributed by atoms with Crippen molar-refractivity contribution in [1.82, 2.24) is 0 Å². The summed E-state index contributed by atoms with van der Waals surface area (Å²) in [6.45, 7) is 1.43. The molecule has 1 aliphatic heterocycles. The lowest BCUT2D eigenvalue weighted by Crippen LogP contribution is -2.34. The minimum atomic E-state index is 0.229. The number of anilines is 1. The van der Waals surface area contributed by atoms with Crippen LogP contribution in [0.2, 0.25) is 0 Å². The fourth-order valence-corrected chi connectivity index (χ4v) is 4.52. The predicted molar refractivity (Wildman–Crippen MR) is 103 cm³/mol. The summed E-state index contributed by atoms with van der Waals surface area (Å²) in [5.74, 6) is 0.229. The Kier molecular flexibility index (Phi) is 3.37. The molecule has 3 aromatic rings. The molecule has 0 bridgehead atoms. The maximum absolute atomic E-state index is 13.1. The molecule has 0 radical (unpaired) electrons. The van der Waals surface area contributed by atoms with E-state index in [0.717, 1.165) is 43.2 Å². The topological polar surface area (TPSA) is 20.3 Å². The van der Waals surface area contributed by atoms with Gasteiger partial charge >= 0.3 is 0 Å². The average molecular weight is 327 g/mol. The van der Waals surface area contributed by atoms with Gasteiger partial charge in [0.15, 0.2) is 5.78 Å². The van der Waals surface area contributed by atoms with Crippen LogP contribution in [0.1, 0.15) is 33.5 Å². The molecular formula is C23H21NO.